The molecule has 0 heterocycles. The monoisotopic (exact) mass is 392 g/mol. The third kappa shape index (κ3) is 3.80. The Hall–Kier alpha value is -1.36. The molecule has 5 heteroatoms. The van der Waals surface area contributed by atoms with Gasteiger partial charge >= 0.3 is 5.97 Å². The molecule has 27 heavy (non-hydrogen) atoms. The summed E-state index contributed by atoms with van der Waals surface area (Å²) in [5, 5.41) is 19.1. The highest BCUT2D eigenvalue weighted by Crippen LogP contribution is 2.61. The lowest BCUT2D eigenvalue weighted by molar-refractivity contribution is -0.0853. The molecule has 4 nitrogen and oxygen atoms in total. The van der Waals surface area contributed by atoms with Gasteiger partial charge in [-0.2, -0.15) is 0 Å². The van der Waals surface area contributed by atoms with Crippen LogP contribution in [0.25, 0.3) is 0 Å². The van der Waals surface area contributed by atoms with Crippen LogP contribution in [0.2, 0.25) is 0 Å². The summed E-state index contributed by atoms with van der Waals surface area (Å²) >= 11 is 0. The van der Waals surface area contributed by atoms with Crippen LogP contribution in [0.3, 0.4) is 0 Å². The number of fused-ring (bicyclic) bond motifs is 1. The molecule has 2 fully saturated rings. The second-order valence-electron chi connectivity index (χ2n) is 9.59. The van der Waals surface area contributed by atoms with Gasteiger partial charge in [-0.1, -0.05) is 40.5 Å². The molecule has 0 amide bonds. The second kappa shape index (κ2) is 7.23. The van der Waals surface area contributed by atoms with E-state index in [1.807, 2.05) is 0 Å². The Morgan fingerprint density at radius 1 is 1.19 bits per heavy atom. The van der Waals surface area contributed by atoms with E-state index in [0.717, 1.165) is 6.42 Å². The van der Waals surface area contributed by atoms with E-state index in [9.17, 15) is 19.2 Å². The van der Waals surface area contributed by atoms with Crippen molar-refractivity contribution in [1.29, 1.82) is 0 Å². The van der Waals surface area contributed by atoms with E-state index in [2.05, 4.69) is 27.7 Å². The number of rotatable bonds is 4. The van der Waals surface area contributed by atoms with E-state index in [-0.39, 0.29) is 16.7 Å². The van der Waals surface area contributed by atoms with Crippen LogP contribution in [-0.4, -0.2) is 26.1 Å². The second-order valence-corrected chi connectivity index (χ2v) is 11.1. The zero-order chi connectivity index (χ0) is 20.0. The van der Waals surface area contributed by atoms with Crippen molar-refractivity contribution in [2.45, 2.75) is 64.7 Å². The standard InChI is InChI=1S/C22H32O4S/c1-14-6-7-19-21(2,3)8-5-9-22(19,4)18(14)13-27(26)17-11-15(20(24)25)10-16(23)12-17/h10-12,14,18-19,23H,5-9,13H2,1-4H3,(H,24,25). The lowest BCUT2D eigenvalue weighted by Crippen LogP contribution is -2.52. The minimum atomic E-state index is -1.33. The van der Waals surface area contributed by atoms with Crippen molar-refractivity contribution < 1.29 is 19.2 Å². The van der Waals surface area contributed by atoms with E-state index >= 15 is 0 Å². The number of hydrogen-bond acceptors (Lipinski definition) is 3. The van der Waals surface area contributed by atoms with Crippen LogP contribution in [0.15, 0.2) is 23.1 Å². The summed E-state index contributed by atoms with van der Waals surface area (Å²) in [6, 6.07) is 4.09. The Morgan fingerprint density at radius 3 is 2.56 bits per heavy atom. The molecule has 0 aromatic heterocycles. The molecule has 5 unspecified atom stereocenters. The van der Waals surface area contributed by atoms with E-state index in [4.69, 9.17) is 0 Å². The number of carboxylic acid groups (broad SMARTS) is 1. The number of phenolic OH excluding ortho intramolecular Hbond substituents is 1. The zero-order valence-electron chi connectivity index (χ0n) is 16.8. The maximum absolute atomic E-state index is 13.2. The Labute approximate surface area is 164 Å². The summed E-state index contributed by atoms with van der Waals surface area (Å²) in [7, 11) is -1.33. The number of phenols is 1. The molecule has 2 aliphatic carbocycles. The van der Waals surface area contributed by atoms with Gasteiger partial charge in [0, 0.05) is 10.6 Å². The van der Waals surface area contributed by atoms with Crippen molar-refractivity contribution in [3.8, 4) is 5.75 Å². The maximum atomic E-state index is 13.2. The number of aromatic hydroxyl groups is 1. The van der Waals surface area contributed by atoms with Crippen molar-refractivity contribution in [1.82, 2.24) is 0 Å². The predicted octanol–water partition coefficient (Wildman–Crippen LogP) is 5.08. The van der Waals surface area contributed by atoms with Gasteiger partial charge in [0.1, 0.15) is 5.75 Å². The zero-order valence-corrected chi connectivity index (χ0v) is 17.6. The largest absolute Gasteiger partial charge is 0.508 e. The van der Waals surface area contributed by atoms with Crippen LogP contribution in [0.1, 0.15) is 70.2 Å². The minimum absolute atomic E-state index is 0.0158. The normalized spacial score (nSPS) is 33.9. The van der Waals surface area contributed by atoms with Crippen LogP contribution in [-0.2, 0) is 10.8 Å². The van der Waals surface area contributed by atoms with Crippen molar-refractivity contribution >= 4 is 16.8 Å². The summed E-state index contributed by atoms with van der Waals surface area (Å²) in [5.41, 5.74) is 0.466. The first-order chi connectivity index (χ1) is 12.5. The average Bonchev–Trinajstić information content (AvgIpc) is 2.56. The quantitative estimate of drug-likeness (QED) is 0.749. The third-order valence-corrected chi connectivity index (χ3v) is 8.88. The Morgan fingerprint density at radius 2 is 1.89 bits per heavy atom. The molecule has 1 aromatic rings. The molecular formula is C22H32O4S. The first-order valence-electron chi connectivity index (χ1n) is 10.0. The van der Waals surface area contributed by atoms with Crippen LogP contribution in [0.5, 0.6) is 5.75 Å². The van der Waals surface area contributed by atoms with Crippen LogP contribution in [0.4, 0.5) is 0 Å². The van der Waals surface area contributed by atoms with Gasteiger partial charge in [0.2, 0.25) is 0 Å². The molecule has 3 rings (SSSR count). The summed E-state index contributed by atoms with van der Waals surface area (Å²) in [4.78, 5) is 11.7. The first kappa shape index (κ1) is 20.4. The highest BCUT2D eigenvalue weighted by molar-refractivity contribution is 7.85. The smallest absolute Gasteiger partial charge is 0.335 e. The predicted molar refractivity (Wildman–Crippen MR) is 107 cm³/mol. The fourth-order valence-corrected chi connectivity index (χ4v) is 7.80. The number of carbonyl (C=O) groups is 1. The van der Waals surface area contributed by atoms with Crippen molar-refractivity contribution in [2.75, 3.05) is 5.75 Å². The Bertz CT molecular complexity index is 757. The topological polar surface area (TPSA) is 74.6 Å². The summed E-state index contributed by atoms with van der Waals surface area (Å²) < 4.78 is 13.2. The molecule has 5 atom stereocenters. The number of hydrogen-bond donors (Lipinski definition) is 2. The lowest BCUT2D eigenvalue weighted by Gasteiger charge is -2.59. The minimum Gasteiger partial charge on any atom is -0.508 e. The molecular weight excluding hydrogens is 360 g/mol. The van der Waals surface area contributed by atoms with Crippen molar-refractivity contribution in [3.63, 3.8) is 0 Å². The number of aromatic carboxylic acids is 1. The summed E-state index contributed by atoms with van der Waals surface area (Å²) in [6.45, 7) is 9.43. The van der Waals surface area contributed by atoms with E-state index in [0.29, 0.717) is 33.8 Å². The van der Waals surface area contributed by atoms with Gasteiger partial charge in [0.25, 0.3) is 0 Å². The van der Waals surface area contributed by atoms with Gasteiger partial charge in [-0.15, -0.1) is 0 Å². The van der Waals surface area contributed by atoms with E-state index < -0.39 is 16.8 Å². The first-order valence-corrected chi connectivity index (χ1v) is 11.3. The molecule has 0 bridgehead atoms. The Kier molecular flexibility index (Phi) is 5.46. The SMILES string of the molecule is CC1CCC2C(C)(C)CCCC2(C)C1CS(=O)c1cc(O)cc(C(=O)O)c1. The molecule has 0 radical (unpaired) electrons. The molecule has 0 spiro atoms. The van der Waals surface area contributed by atoms with Gasteiger partial charge < -0.3 is 10.2 Å². The van der Waals surface area contributed by atoms with E-state index in [1.165, 1.54) is 43.9 Å². The van der Waals surface area contributed by atoms with Gasteiger partial charge in [0.05, 0.1) is 16.4 Å². The molecule has 2 aliphatic rings. The van der Waals surface area contributed by atoms with Crippen molar-refractivity contribution in [2.24, 2.45) is 28.6 Å². The van der Waals surface area contributed by atoms with Gasteiger partial charge in [-0.25, -0.2) is 4.79 Å². The average molecular weight is 393 g/mol. The fourth-order valence-electron chi connectivity index (χ4n) is 6.06. The molecule has 2 N–H and O–H groups in total. The van der Waals surface area contributed by atoms with Crippen LogP contribution >= 0.6 is 0 Å². The summed E-state index contributed by atoms with van der Waals surface area (Å²) in [5.74, 6) is 0.754. The molecule has 150 valence electrons. The molecule has 1 aromatic carbocycles. The lowest BCUT2D eigenvalue weighted by atomic mass is 9.47. The Balaban J connectivity index is 1.89. The number of carboxylic acids is 1. The van der Waals surface area contributed by atoms with Crippen molar-refractivity contribution in [3.05, 3.63) is 23.8 Å². The third-order valence-electron chi connectivity index (χ3n) is 7.45. The fraction of sp³-hybridized carbons (Fsp3) is 0.682. The maximum Gasteiger partial charge on any atom is 0.335 e. The van der Waals surface area contributed by atoms with Gasteiger partial charge in [-0.3, -0.25) is 4.21 Å². The molecule has 2 saturated carbocycles. The van der Waals surface area contributed by atoms with Gasteiger partial charge in [0.15, 0.2) is 0 Å². The summed E-state index contributed by atoms with van der Waals surface area (Å²) in [6.07, 6.45) is 6.04. The van der Waals surface area contributed by atoms with Crippen LogP contribution in [0, 0.1) is 28.6 Å². The molecule has 0 aliphatic heterocycles. The number of benzene rings is 1. The van der Waals surface area contributed by atoms with Crippen LogP contribution < -0.4 is 0 Å². The highest BCUT2D eigenvalue weighted by Gasteiger charge is 2.53. The highest BCUT2D eigenvalue weighted by atomic mass is 32.2. The van der Waals surface area contributed by atoms with Gasteiger partial charge in [-0.05, 0) is 66.0 Å². The molecule has 0 saturated heterocycles. The van der Waals surface area contributed by atoms with E-state index in [1.54, 1.807) is 0 Å².